The van der Waals surface area contributed by atoms with Crippen LogP contribution in [0.4, 0.5) is 4.79 Å². The van der Waals surface area contributed by atoms with Crippen LogP contribution < -0.4 is 10.6 Å². The minimum atomic E-state index is -0.971. The number of urea groups is 1. The maximum Gasteiger partial charge on any atom is 0.315 e. The van der Waals surface area contributed by atoms with Gasteiger partial charge in [-0.3, -0.25) is 9.59 Å². The first kappa shape index (κ1) is 15.2. The van der Waals surface area contributed by atoms with Crippen molar-refractivity contribution in [3.05, 3.63) is 0 Å². The molecular formula is C10H19N3O4. The number of aliphatic carboxylic acids is 1. The Balaban J connectivity index is 3.99. The molecule has 3 N–H and O–H groups in total. The Morgan fingerprint density at radius 3 is 2.29 bits per heavy atom. The standard InChI is InChI=1S/C10H19N3O4/c1-4-7(5-9(15)16)12-10(17)11-6-8(14)13(2)3/h7H,4-6H2,1-3H3,(H,15,16)(H2,11,12,17). The third kappa shape index (κ3) is 7.15. The van der Waals surface area contributed by atoms with Gasteiger partial charge in [-0.05, 0) is 6.42 Å². The molecule has 0 saturated carbocycles. The molecule has 0 rings (SSSR count). The van der Waals surface area contributed by atoms with E-state index in [2.05, 4.69) is 10.6 Å². The molecule has 0 radical (unpaired) electrons. The van der Waals surface area contributed by atoms with Gasteiger partial charge in [0.25, 0.3) is 0 Å². The largest absolute Gasteiger partial charge is 0.481 e. The molecule has 0 heterocycles. The minimum Gasteiger partial charge on any atom is -0.481 e. The summed E-state index contributed by atoms with van der Waals surface area (Å²) in [5.74, 6) is -1.20. The predicted octanol–water partition coefficient (Wildman–Crippen LogP) is -0.373. The fourth-order valence-corrected chi connectivity index (χ4v) is 1.06. The van der Waals surface area contributed by atoms with E-state index < -0.39 is 18.0 Å². The van der Waals surface area contributed by atoms with Crippen molar-refractivity contribution in [1.29, 1.82) is 0 Å². The molecule has 0 bridgehead atoms. The van der Waals surface area contributed by atoms with E-state index in [0.717, 1.165) is 0 Å². The number of likely N-dealkylation sites (N-methyl/N-ethyl adjacent to an activating group) is 1. The molecule has 0 spiro atoms. The van der Waals surface area contributed by atoms with Crippen LogP contribution in [-0.2, 0) is 9.59 Å². The second-order valence-electron chi connectivity index (χ2n) is 3.82. The van der Waals surface area contributed by atoms with E-state index in [0.29, 0.717) is 6.42 Å². The first-order valence-corrected chi connectivity index (χ1v) is 5.33. The SMILES string of the molecule is CCC(CC(=O)O)NC(=O)NCC(=O)N(C)C. The maximum absolute atomic E-state index is 11.3. The van der Waals surface area contributed by atoms with E-state index in [1.807, 2.05) is 0 Å². The van der Waals surface area contributed by atoms with Crippen LogP contribution in [0.25, 0.3) is 0 Å². The van der Waals surface area contributed by atoms with Crippen LogP contribution in [0.3, 0.4) is 0 Å². The molecule has 0 aliphatic carbocycles. The highest BCUT2D eigenvalue weighted by molar-refractivity contribution is 5.84. The van der Waals surface area contributed by atoms with Gasteiger partial charge < -0.3 is 20.6 Å². The van der Waals surface area contributed by atoms with Crippen molar-refractivity contribution in [1.82, 2.24) is 15.5 Å². The lowest BCUT2D eigenvalue weighted by molar-refractivity contribution is -0.137. The summed E-state index contributed by atoms with van der Waals surface area (Å²) < 4.78 is 0. The fraction of sp³-hybridized carbons (Fsp3) is 0.700. The molecule has 98 valence electrons. The lowest BCUT2D eigenvalue weighted by Crippen LogP contribution is -2.45. The average Bonchev–Trinajstić information content (AvgIpc) is 2.23. The summed E-state index contributed by atoms with van der Waals surface area (Å²) >= 11 is 0. The van der Waals surface area contributed by atoms with Crippen molar-refractivity contribution >= 4 is 17.9 Å². The zero-order valence-corrected chi connectivity index (χ0v) is 10.3. The van der Waals surface area contributed by atoms with Gasteiger partial charge in [-0.15, -0.1) is 0 Å². The Kier molecular flexibility index (Phi) is 6.69. The van der Waals surface area contributed by atoms with Gasteiger partial charge in [-0.2, -0.15) is 0 Å². The summed E-state index contributed by atoms with van der Waals surface area (Å²) in [5, 5.41) is 13.4. The van der Waals surface area contributed by atoms with Crippen LogP contribution in [0.5, 0.6) is 0 Å². The number of carbonyl (C=O) groups excluding carboxylic acids is 2. The Hall–Kier alpha value is -1.79. The zero-order chi connectivity index (χ0) is 13.4. The number of carbonyl (C=O) groups is 3. The minimum absolute atomic E-state index is 0.109. The van der Waals surface area contributed by atoms with Crippen LogP contribution in [0.15, 0.2) is 0 Å². The quantitative estimate of drug-likeness (QED) is 0.594. The zero-order valence-electron chi connectivity index (χ0n) is 10.3. The molecule has 7 heteroatoms. The molecule has 0 aromatic rings. The fourth-order valence-electron chi connectivity index (χ4n) is 1.06. The van der Waals surface area contributed by atoms with Gasteiger partial charge in [0.05, 0.1) is 13.0 Å². The normalized spacial score (nSPS) is 11.5. The lowest BCUT2D eigenvalue weighted by atomic mass is 10.1. The Morgan fingerprint density at radius 1 is 1.29 bits per heavy atom. The van der Waals surface area contributed by atoms with Crippen molar-refractivity contribution in [2.24, 2.45) is 0 Å². The number of hydrogen-bond donors (Lipinski definition) is 3. The van der Waals surface area contributed by atoms with Crippen LogP contribution >= 0.6 is 0 Å². The van der Waals surface area contributed by atoms with E-state index in [1.54, 1.807) is 21.0 Å². The van der Waals surface area contributed by atoms with E-state index in [-0.39, 0.29) is 18.9 Å². The number of hydrogen-bond acceptors (Lipinski definition) is 3. The topological polar surface area (TPSA) is 98.7 Å². The first-order valence-electron chi connectivity index (χ1n) is 5.33. The first-order chi connectivity index (χ1) is 7.86. The van der Waals surface area contributed by atoms with Crippen LogP contribution in [0.2, 0.25) is 0 Å². The number of nitrogens with zero attached hydrogens (tertiary/aromatic N) is 1. The van der Waals surface area contributed by atoms with Crippen molar-refractivity contribution in [3.63, 3.8) is 0 Å². The van der Waals surface area contributed by atoms with Gasteiger partial charge in [0, 0.05) is 20.1 Å². The second kappa shape index (κ2) is 7.48. The second-order valence-corrected chi connectivity index (χ2v) is 3.82. The monoisotopic (exact) mass is 245 g/mol. The molecule has 0 aromatic heterocycles. The van der Waals surface area contributed by atoms with E-state index in [4.69, 9.17) is 5.11 Å². The Morgan fingerprint density at radius 2 is 1.88 bits per heavy atom. The lowest BCUT2D eigenvalue weighted by Gasteiger charge is -2.16. The van der Waals surface area contributed by atoms with Gasteiger partial charge in [-0.1, -0.05) is 6.92 Å². The maximum atomic E-state index is 11.3. The van der Waals surface area contributed by atoms with Gasteiger partial charge in [-0.25, -0.2) is 4.79 Å². The molecule has 0 saturated heterocycles. The Labute approximate surface area is 100 Å². The molecule has 0 aliphatic rings. The van der Waals surface area contributed by atoms with Gasteiger partial charge in [0.2, 0.25) is 5.91 Å². The van der Waals surface area contributed by atoms with E-state index >= 15 is 0 Å². The summed E-state index contributed by atoms with van der Waals surface area (Å²) in [6, 6.07) is -0.963. The van der Waals surface area contributed by atoms with Crippen molar-refractivity contribution < 1.29 is 19.5 Å². The van der Waals surface area contributed by atoms with E-state index in [1.165, 1.54) is 4.90 Å². The van der Waals surface area contributed by atoms with Gasteiger partial charge >= 0.3 is 12.0 Å². The molecule has 1 unspecified atom stereocenters. The Bertz CT molecular complexity index is 291. The third-order valence-electron chi connectivity index (χ3n) is 2.15. The number of nitrogens with one attached hydrogen (secondary N) is 2. The number of carboxylic acids is 1. The van der Waals surface area contributed by atoms with Crippen LogP contribution in [-0.4, -0.2) is 54.6 Å². The molecule has 3 amide bonds. The molecule has 0 aromatic carbocycles. The molecule has 1 atom stereocenters. The summed E-state index contributed by atoms with van der Waals surface area (Å²) in [7, 11) is 3.17. The summed E-state index contributed by atoms with van der Waals surface area (Å²) in [6.45, 7) is 1.67. The molecule has 7 nitrogen and oxygen atoms in total. The highest BCUT2D eigenvalue weighted by Gasteiger charge is 2.14. The summed E-state index contributed by atoms with van der Waals surface area (Å²) in [4.78, 5) is 34.3. The number of amides is 3. The molecular weight excluding hydrogens is 226 g/mol. The number of rotatable bonds is 6. The predicted molar refractivity (Wildman–Crippen MR) is 61.6 cm³/mol. The highest BCUT2D eigenvalue weighted by Crippen LogP contribution is 1.96. The highest BCUT2D eigenvalue weighted by atomic mass is 16.4. The third-order valence-corrected chi connectivity index (χ3v) is 2.15. The van der Waals surface area contributed by atoms with Crippen molar-refractivity contribution in [2.45, 2.75) is 25.8 Å². The summed E-state index contributed by atoms with van der Waals surface area (Å²) in [5.41, 5.74) is 0. The molecule has 0 aliphatic heterocycles. The molecule has 0 fully saturated rings. The molecule has 17 heavy (non-hydrogen) atoms. The average molecular weight is 245 g/mol. The number of carboxylic acid groups (broad SMARTS) is 1. The van der Waals surface area contributed by atoms with Crippen molar-refractivity contribution in [3.8, 4) is 0 Å². The summed E-state index contributed by atoms with van der Waals surface area (Å²) in [6.07, 6.45) is 0.382. The van der Waals surface area contributed by atoms with Crippen molar-refractivity contribution in [2.75, 3.05) is 20.6 Å². The van der Waals surface area contributed by atoms with Crippen LogP contribution in [0.1, 0.15) is 19.8 Å². The van der Waals surface area contributed by atoms with E-state index in [9.17, 15) is 14.4 Å². The smallest absolute Gasteiger partial charge is 0.315 e. The van der Waals surface area contributed by atoms with Gasteiger partial charge in [0.15, 0.2) is 0 Å². The van der Waals surface area contributed by atoms with Crippen LogP contribution in [0, 0.1) is 0 Å². The van der Waals surface area contributed by atoms with Gasteiger partial charge in [0.1, 0.15) is 0 Å².